The predicted octanol–water partition coefficient (Wildman–Crippen LogP) is 4.01. The number of rotatable bonds is 7. The molecule has 0 fully saturated rings. The molecule has 0 aliphatic carbocycles. The Balaban J connectivity index is 1.47. The number of hydrogen-bond acceptors (Lipinski definition) is 4. The van der Waals surface area contributed by atoms with E-state index in [1.165, 1.54) is 6.07 Å². The van der Waals surface area contributed by atoms with E-state index < -0.39 is 17.7 Å². The maximum absolute atomic E-state index is 14.0. The molecule has 0 saturated carbocycles. The summed E-state index contributed by atoms with van der Waals surface area (Å²) in [6, 6.07) is 8.01. The van der Waals surface area contributed by atoms with Gasteiger partial charge in [0, 0.05) is 38.1 Å². The summed E-state index contributed by atoms with van der Waals surface area (Å²) in [5.74, 6) is -0.257. The highest BCUT2D eigenvalue weighted by Gasteiger charge is 2.19. The molecule has 1 aliphatic heterocycles. The molecule has 9 heteroatoms. The molecule has 1 aromatic heterocycles. The maximum Gasteiger partial charge on any atom is 0.322 e. The van der Waals surface area contributed by atoms with Gasteiger partial charge in [-0.15, -0.1) is 0 Å². The number of anilines is 1. The molecule has 2 amide bonds. The minimum Gasteiger partial charge on any atom is -0.454 e. The first-order valence-electron chi connectivity index (χ1n) is 9.44. The van der Waals surface area contributed by atoms with E-state index in [1.54, 1.807) is 23.5 Å². The number of nitrogens with one attached hydrogen (secondary N) is 1. The van der Waals surface area contributed by atoms with Crippen molar-refractivity contribution < 1.29 is 23.0 Å². The van der Waals surface area contributed by atoms with Crippen LogP contribution in [0.15, 0.2) is 55.1 Å². The molecular weight excluding hydrogens is 394 g/mol. The molecule has 0 atom stereocenters. The molecule has 0 spiro atoms. The molecule has 0 radical (unpaired) electrons. The number of carbonyl (C=O) groups excluding carboxylic acids is 1. The highest BCUT2D eigenvalue weighted by atomic mass is 19.1. The van der Waals surface area contributed by atoms with Crippen LogP contribution in [-0.2, 0) is 13.1 Å². The Bertz CT molecular complexity index is 1030. The van der Waals surface area contributed by atoms with Crippen LogP contribution in [0.4, 0.5) is 19.3 Å². The summed E-state index contributed by atoms with van der Waals surface area (Å²) >= 11 is 0. The molecule has 30 heavy (non-hydrogen) atoms. The van der Waals surface area contributed by atoms with Crippen LogP contribution in [0.3, 0.4) is 0 Å². The standard InChI is InChI=1S/C21H20F2N4O3/c22-16-3-4-18(17(23)11-16)25-21(28)27(8-1-7-26-9-6-24-13-26)12-15-2-5-19-20(10-15)30-14-29-19/h2-6,9-11,13H,1,7-8,12,14H2,(H,25,28). The molecule has 0 saturated heterocycles. The van der Waals surface area contributed by atoms with Gasteiger partial charge in [0.1, 0.15) is 11.6 Å². The molecule has 1 aliphatic rings. The Hall–Kier alpha value is -3.62. The van der Waals surface area contributed by atoms with Gasteiger partial charge >= 0.3 is 6.03 Å². The summed E-state index contributed by atoms with van der Waals surface area (Å²) < 4.78 is 39.8. The monoisotopic (exact) mass is 414 g/mol. The first-order valence-corrected chi connectivity index (χ1v) is 9.44. The van der Waals surface area contributed by atoms with Crippen molar-refractivity contribution in [2.24, 2.45) is 0 Å². The van der Waals surface area contributed by atoms with Crippen molar-refractivity contribution in [3.63, 3.8) is 0 Å². The molecule has 0 unspecified atom stereocenters. The second kappa shape index (κ2) is 8.81. The predicted molar refractivity (Wildman–Crippen MR) is 105 cm³/mol. The average Bonchev–Trinajstić information content (AvgIpc) is 3.40. The van der Waals surface area contributed by atoms with Crippen molar-refractivity contribution in [3.05, 3.63) is 72.3 Å². The molecule has 2 heterocycles. The van der Waals surface area contributed by atoms with E-state index in [0.717, 1.165) is 17.7 Å². The quantitative estimate of drug-likeness (QED) is 0.634. The van der Waals surface area contributed by atoms with E-state index >= 15 is 0 Å². The second-order valence-corrected chi connectivity index (χ2v) is 6.82. The third kappa shape index (κ3) is 4.68. The number of aromatic nitrogens is 2. The molecular formula is C21H20F2N4O3. The lowest BCUT2D eigenvalue weighted by Gasteiger charge is -2.24. The van der Waals surface area contributed by atoms with E-state index in [4.69, 9.17) is 9.47 Å². The minimum atomic E-state index is -0.829. The number of urea groups is 1. The van der Waals surface area contributed by atoms with E-state index in [1.807, 2.05) is 22.9 Å². The normalized spacial score (nSPS) is 12.1. The lowest BCUT2D eigenvalue weighted by atomic mass is 10.2. The first kappa shape index (κ1) is 19.7. The molecule has 1 N–H and O–H groups in total. The molecule has 3 aromatic rings. The molecule has 0 bridgehead atoms. The zero-order valence-electron chi connectivity index (χ0n) is 16.1. The topological polar surface area (TPSA) is 68.6 Å². The third-order valence-corrected chi connectivity index (χ3v) is 4.67. The zero-order chi connectivity index (χ0) is 20.9. The Labute approximate surface area is 171 Å². The van der Waals surface area contributed by atoms with E-state index in [0.29, 0.717) is 31.0 Å². The molecule has 4 rings (SSSR count). The summed E-state index contributed by atoms with van der Waals surface area (Å²) in [4.78, 5) is 18.4. The average molecular weight is 414 g/mol. The van der Waals surface area contributed by atoms with Gasteiger partial charge in [-0.2, -0.15) is 0 Å². The number of nitrogens with zero attached hydrogens (tertiary/aromatic N) is 3. The number of hydrogen-bond donors (Lipinski definition) is 1. The summed E-state index contributed by atoms with van der Waals surface area (Å²) in [7, 11) is 0. The van der Waals surface area contributed by atoms with Gasteiger partial charge in [0.05, 0.1) is 12.0 Å². The lowest BCUT2D eigenvalue weighted by molar-refractivity contribution is 0.174. The Kier molecular flexibility index (Phi) is 5.78. The molecule has 7 nitrogen and oxygen atoms in total. The van der Waals surface area contributed by atoms with E-state index in [9.17, 15) is 13.6 Å². The fourth-order valence-electron chi connectivity index (χ4n) is 3.16. The van der Waals surface area contributed by atoms with E-state index in [-0.39, 0.29) is 19.0 Å². The van der Waals surface area contributed by atoms with Crippen LogP contribution >= 0.6 is 0 Å². The highest BCUT2D eigenvalue weighted by molar-refractivity contribution is 5.89. The van der Waals surface area contributed by atoms with Crippen molar-refractivity contribution >= 4 is 11.7 Å². The minimum absolute atomic E-state index is 0.0771. The van der Waals surface area contributed by atoms with Crippen molar-refractivity contribution in [2.75, 3.05) is 18.7 Å². The zero-order valence-corrected chi connectivity index (χ0v) is 16.1. The van der Waals surface area contributed by atoms with Crippen LogP contribution in [0.2, 0.25) is 0 Å². The smallest absolute Gasteiger partial charge is 0.322 e. The van der Waals surface area contributed by atoms with Gasteiger partial charge in [-0.1, -0.05) is 6.07 Å². The first-order chi connectivity index (χ1) is 14.6. The van der Waals surface area contributed by atoms with Gasteiger partial charge in [-0.3, -0.25) is 0 Å². The van der Waals surface area contributed by atoms with Gasteiger partial charge in [-0.25, -0.2) is 18.6 Å². The maximum atomic E-state index is 14.0. The second-order valence-electron chi connectivity index (χ2n) is 6.82. The Morgan fingerprint density at radius 2 is 2.03 bits per heavy atom. The SMILES string of the molecule is O=C(Nc1ccc(F)cc1F)N(CCCn1ccnc1)Cc1ccc2c(c1)OCO2. The number of aryl methyl sites for hydroxylation is 1. The number of benzene rings is 2. The number of carbonyl (C=O) groups is 1. The van der Waals surface area contributed by atoms with Gasteiger partial charge in [0.15, 0.2) is 11.5 Å². The van der Waals surface area contributed by atoms with Crippen LogP contribution in [0.5, 0.6) is 11.5 Å². The summed E-state index contributed by atoms with van der Waals surface area (Å²) in [6.45, 7) is 1.55. The van der Waals surface area contributed by atoms with Crippen LogP contribution in [-0.4, -0.2) is 33.8 Å². The third-order valence-electron chi connectivity index (χ3n) is 4.67. The number of halogens is 2. The fourth-order valence-corrected chi connectivity index (χ4v) is 3.16. The number of ether oxygens (including phenoxy) is 2. The number of fused-ring (bicyclic) bond motifs is 1. The summed E-state index contributed by atoms with van der Waals surface area (Å²) in [5, 5.41) is 2.52. The molecule has 2 aromatic carbocycles. The largest absolute Gasteiger partial charge is 0.454 e. The van der Waals surface area contributed by atoms with Crippen molar-refractivity contribution in [1.82, 2.24) is 14.5 Å². The van der Waals surface area contributed by atoms with Crippen LogP contribution in [0, 0.1) is 11.6 Å². The fraction of sp³-hybridized carbons (Fsp3) is 0.238. The van der Waals surface area contributed by atoms with Crippen LogP contribution in [0.1, 0.15) is 12.0 Å². The van der Waals surface area contributed by atoms with Crippen molar-refractivity contribution in [1.29, 1.82) is 0 Å². The van der Waals surface area contributed by atoms with Crippen LogP contribution < -0.4 is 14.8 Å². The lowest BCUT2D eigenvalue weighted by Crippen LogP contribution is -2.36. The highest BCUT2D eigenvalue weighted by Crippen LogP contribution is 2.33. The molecule has 156 valence electrons. The van der Waals surface area contributed by atoms with Gasteiger partial charge in [0.2, 0.25) is 6.79 Å². The van der Waals surface area contributed by atoms with Crippen molar-refractivity contribution in [2.45, 2.75) is 19.5 Å². The van der Waals surface area contributed by atoms with Gasteiger partial charge < -0.3 is 24.3 Å². The van der Waals surface area contributed by atoms with E-state index in [2.05, 4.69) is 10.3 Å². The summed E-state index contributed by atoms with van der Waals surface area (Å²) in [6.07, 6.45) is 5.90. The summed E-state index contributed by atoms with van der Waals surface area (Å²) in [5.41, 5.74) is 0.767. The van der Waals surface area contributed by atoms with Gasteiger partial charge in [-0.05, 0) is 36.2 Å². The number of amides is 2. The number of imidazole rings is 1. The Morgan fingerprint density at radius 3 is 2.83 bits per heavy atom. The van der Waals surface area contributed by atoms with Gasteiger partial charge in [0.25, 0.3) is 0 Å². The van der Waals surface area contributed by atoms with Crippen molar-refractivity contribution in [3.8, 4) is 11.5 Å². The van der Waals surface area contributed by atoms with Crippen LogP contribution in [0.25, 0.3) is 0 Å². The Morgan fingerprint density at radius 1 is 1.17 bits per heavy atom.